The maximum absolute atomic E-state index is 13.6. The molecule has 4 aromatic rings. The summed E-state index contributed by atoms with van der Waals surface area (Å²) in [5.74, 6) is 0.680. The summed E-state index contributed by atoms with van der Waals surface area (Å²) in [4.78, 5) is 30.5. The predicted octanol–water partition coefficient (Wildman–Crippen LogP) is 7.59. The quantitative estimate of drug-likeness (QED) is 0.172. The Kier molecular flexibility index (Phi) is 9.90. The maximum atomic E-state index is 13.6. The van der Waals surface area contributed by atoms with Gasteiger partial charge in [0, 0.05) is 35.9 Å². The molecule has 0 radical (unpaired) electrons. The normalized spacial score (nSPS) is 12.2. The molecule has 1 N–H and O–H groups in total. The number of alkyl carbamates (subject to hydrolysis) is 1. The largest absolute Gasteiger partial charge is 0.489 e. The SMILES string of the molecule is CCOC(=O)c1c(-c2ccc(OCc3ccc(C(C)C)cc3)cc2)c(-c2ccnc3c2C=CC3)nn1CCNC(=O)OC(C)(C)C. The minimum atomic E-state index is -0.629. The fourth-order valence-corrected chi connectivity index (χ4v) is 5.31. The molecule has 9 nitrogen and oxygen atoms in total. The second kappa shape index (κ2) is 14.0. The molecule has 46 heavy (non-hydrogen) atoms. The molecule has 2 aromatic heterocycles. The second-order valence-electron chi connectivity index (χ2n) is 12.5. The van der Waals surface area contributed by atoms with E-state index in [9.17, 15) is 9.59 Å². The molecule has 2 heterocycles. The summed E-state index contributed by atoms with van der Waals surface area (Å²) in [5.41, 5.74) is 6.88. The van der Waals surface area contributed by atoms with Crippen molar-refractivity contribution >= 4 is 18.1 Å². The van der Waals surface area contributed by atoms with Crippen LogP contribution < -0.4 is 10.1 Å². The van der Waals surface area contributed by atoms with Crippen LogP contribution in [0.1, 0.15) is 80.3 Å². The number of rotatable bonds is 11. The molecule has 240 valence electrons. The summed E-state index contributed by atoms with van der Waals surface area (Å²) in [7, 11) is 0. The number of allylic oxidation sites excluding steroid dienone is 1. The minimum absolute atomic E-state index is 0.196. The molecule has 0 saturated carbocycles. The Bertz CT molecular complexity index is 1710. The van der Waals surface area contributed by atoms with Gasteiger partial charge >= 0.3 is 12.1 Å². The molecule has 0 aliphatic heterocycles. The molecule has 0 fully saturated rings. The van der Waals surface area contributed by atoms with Crippen molar-refractivity contribution in [3.05, 3.63) is 94.9 Å². The first-order valence-electron chi connectivity index (χ1n) is 15.8. The van der Waals surface area contributed by atoms with Gasteiger partial charge in [-0.15, -0.1) is 0 Å². The standard InChI is InChI=1S/C37H42N4O5/c1-7-44-35(42)34-32(27-15-17-28(18-16-27)45-23-25-11-13-26(14-12-25)24(2)3)33(30-19-20-38-31-10-8-9-29(30)31)40-41(34)22-21-39-36(43)46-37(4,5)6/h8-9,11-20,24H,7,10,21-23H2,1-6H3,(H,39,43). The van der Waals surface area contributed by atoms with Crippen LogP contribution in [0.2, 0.25) is 0 Å². The molecule has 2 aromatic carbocycles. The van der Waals surface area contributed by atoms with Crippen LogP contribution in [-0.4, -0.2) is 45.6 Å². The zero-order chi connectivity index (χ0) is 32.8. The van der Waals surface area contributed by atoms with Crippen molar-refractivity contribution in [2.24, 2.45) is 0 Å². The van der Waals surface area contributed by atoms with E-state index in [1.54, 1.807) is 38.6 Å². The summed E-state index contributed by atoms with van der Waals surface area (Å²) < 4.78 is 18.6. The number of hydrogen-bond acceptors (Lipinski definition) is 7. The fourth-order valence-electron chi connectivity index (χ4n) is 5.31. The number of fused-ring (bicyclic) bond motifs is 1. The highest BCUT2D eigenvalue weighted by Gasteiger charge is 2.29. The highest BCUT2D eigenvalue weighted by atomic mass is 16.6. The number of benzene rings is 2. The topological polar surface area (TPSA) is 105 Å². The zero-order valence-electron chi connectivity index (χ0n) is 27.4. The molecule has 5 rings (SSSR count). The zero-order valence-corrected chi connectivity index (χ0v) is 27.4. The van der Waals surface area contributed by atoms with Crippen molar-refractivity contribution in [2.45, 2.75) is 72.6 Å². The lowest BCUT2D eigenvalue weighted by Gasteiger charge is -2.19. The van der Waals surface area contributed by atoms with Gasteiger partial charge in [-0.25, -0.2) is 9.59 Å². The minimum Gasteiger partial charge on any atom is -0.489 e. The van der Waals surface area contributed by atoms with E-state index in [0.29, 0.717) is 35.2 Å². The number of ether oxygens (including phenoxy) is 3. The molecule has 9 heteroatoms. The average molecular weight is 623 g/mol. The van der Waals surface area contributed by atoms with Crippen LogP contribution in [0.4, 0.5) is 4.79 Å². The number of aromatic nitrogens is 3. The van der Waals surface area contributed by atoms with Gasteiger partial charge in [0.05, 0.1) is 18.8 Å². The van der Waals surface area contributed by atoms with Crippen LogP contribution in [-0.2, 0) is 29.0 Å². The molecular weight excluding hydrogens is 580 g/mol. The van der Waals surface area contributed by atoms with E-state index >= 15 is 0 Å². The number of esters is 1. The third-order valence-electron chi connectivity index (χ3n) is 7.53. The second-order valence-corrected chi connectivity index (χ2v) is 12.5. The van der Waals surface area contributed by atoms with Crippen LogP contribution in [0.5, 0.6) is 5.75 Å². The van der Waals surface area contributed by atoms with Gasteiger partial charge in [0.25, 0.3) is 0 Å². The Morgan fingerprint density at radius 1 is 1.02 bits per heavy atom. The predicted molar refractivity (Wildman–Crippen MR) is 179 cm³/mol. The van der Waals surface area contributed by atoms with E-state index in [0.717, 1.165) is 34.4 Å². The average Bonchev–Trinajstić information content (AvgIpc) is 3.65. The summed E-state index contributed by atoms with van der Waals surface area (Å²) in [6.07, 6.45) is 6.07. The lowest BCUT2D eigenvalue weighted by molar-refractivity contribution is 0.0513. The van der Waals surface area contributed by atoms with Crippen molar-refractivity contribution in [2.75, 3.05) is 13.2 Å². The molecule has 0 atom stereocenters. The van der Waals surface area contributed by atoms with E-state index in [4.69, 9.17) is 19.3 Å². The van der Waals surface area contributed by atoms with Crippen molar-refractivity contribution in [3.63, 3.8) is 0 Å². The van der Waals surface area contributed by atoms with Gasteiger partial charge in [-0.05, 0) is 68.5 Å². The highest BCUT2D eigenvalue weighted by Crippen LogP contribution is 2.39. The lowest BCUT2D eigenvalue weighted by atomic mass is 9.96. The maximum Gasteiger partial charge on any atom is 0.407 e. The molecule has 1 amide bonds. The first kappa shape index (κ1) is 32.5. The Hall–Kier alpha value is -4.92. The van der Waals surface area contributed by atoms with E-state index in [-0.39, 0.29) is 19.7 Å². The smallest absolute Gasteiger partial charge is 0.407 e. The molecule has 1 aliphatic carbocycles. The number of nitrogens with zero attached hydrogens (tertiary/aromatic N) is 3. The van der Waals surface area contributed by atoms with Gasteiger partial charge in [0.15, 0.2) is 5.69 Å². The van der Waals surface area contributed by atoms with E-state index in [2.05, 4.69) is 54.5 Å². The van der Waals surface area contributed by atoms with Crippen LogP contribution in [0.15, 0.2) is 66.9 Å². The van der Waals surface area contributed by atoms with Gasteiger partial charge in [0.2, 0.25) is 0 Å². The molecule has 0 bridgehead atoms. The number of carbonyl (C=O) groups is 2. The van der Waals surface area contributed by atoms with Crippen LogP contribution >= 0.6 is 0 Å². The Morgan fingerprint density at radius 3 is 2.43 bits per heavy atom. The van der Waals surface area contributed by atoms with Crippen LogP contribution in [0, 0.1) is 0 Å². The Balaban J connectivity index is 1.49. The van der Waals surface area contributed by atoms with E-state index in [1.807, 2.05) is 36.4 Å². The van der Waals surface area contributed by atoms with Crippen molar-refractivity contribution in [1.82, 2.24) is 20.1 Å². The number of hydrogen-bond donors (Lipinski definition) is 1. The van der Waals surface area contributed by atoms with Gasteiger partial charge in [-0.3, -0.25) is 9.67 Å². The first-order valence-corrected chi connectivity index (χ1v) is 15.8. The van der Waals surface area contributed by atoms with E-state index < -0.39 is 17.7 Å². The number of carbonyl (C=O) groups excluding carboxylic acids is 2. The number of pyridine rings is 1. The fraction of sp³-hybridized carbons (Fsp3) is 0.351. The number of nitrogens with one attached hydrogen (secondary N) is 1. The van der Waals surface area contributed by atoms with E-state index in [1.165, 1.54) is 5.56 Å². The molecular formula is C37H42N4O5. The van der Waals surface area contributed by atoms with Gasteiger partial charge < -0.3 is 19.5 Å². The Morgan fingerprint density at radius 2 is 1.76 bits per heavy atom. The third-order valence-corrected chi connectivity index (χ3v) is 7.53. The summed E-state index contributed by atoms with van der Waals surface area (Å²) in [6.45, 7) is 12.6. The Labute approximate surface area is 270 Å². The number of amides is 1. The molecule has 0 saturated heterocycles. The molecule has 1 aliphatic rings. The summed E-state index contributed by atoms with van der Waals surface area (Å²) in [5, 5.41) is 7.72. The van der Waals surface area contributed by atoms with Gasteiger partial charge in [0.1, 0.15) is 23.7 Å². The van der Waals surface area contributed by atoms with Crippen molar-refractivity contribution in [1.29, 1.82) is 0 Å². The van der Waals surface area contributed by atoms with Gasteiger partial charge in [-0.1, -0.05) is 62.4 Å². The summed E-state index contributed by atoms with van der Waals surface area (Å²) >= 11 is 0. The highest BCUT2D eigenvalue weighted by molar-refractivity contribution is 6.01. The van der Waals surface area contributed by atoms with Gasteiger partial charge in [-0.2, -0.15) is 5.10 Å². The van der Waals surface area contributed by atoms with Crippen molar-refractivity contribution < 1.29 is 23.8 Å². The molecule has 0 unspecified atom stereocenters. The van der Waals surface area contributed by atoms with Crippen molar-refractivity contribution in [3.8, 4) is 28.1 Å². The van der Waals surface area contributed by atoms with Crippen LogP contribution in [0.25, 0.3) is 28.5 Å². The molecule has 0 spiro atoms. The summed E-state index contributed by atoms with van der Waals surface area (Å²) in [6, 6.07) is 18.0. The monoisotopic (exact) mass is 622 g/mol. The first-order chi connectivity index (χ1) is 22.0. The van der Waals surface area contributed by atoms with Crippen LogP contribution in [0.3, 0.4) is 0 Å². The third kappa shape index (κ3) is 7.65. The lowest BCUT2D eigenvalue weighted by Crippen LogP contribution is -2.34.